The van der Waals surface area contributed by atoms with Gasteiger partial charge in [0.1, 0.15) is 11.4 Å². The lowest BCUT2D eigenvalue weighted by molar-refractivity contribution is 0.0946. The van der Waals surface area contributed by atoms with Gasteiger partial charge in [-0.15, -0.1) is 0 Å². The summed E-state index contributed by atoms with van der Waals surface area (Å²) in [6.07, 6.45) is 2.13. The lowest BCUT2D eigenvalue weighted by atomic mass is 10.2. The number of hydrogen-bond acceptors (Lipinski definition) is 3. The maximum atomic E-state index is 13.0. The molecule has 4 rings (SSSR count). The van der Waals surface area contributed by atoms with E-state index in [1.807, 2.05) is 59.8 Å². The van der Waals surface area contributed by atoms with E-state index in [1.165, 1.54) is 0 Å². The zero-order chi connectivity index (χ0) is 21.1. The fourth-order valence-electron chi connectivity index (χ4n) is 3.71. The Balaban J connectivity index is 1.40. The number of carbonyl (C=O) groups is 1. The van der Waals surface area contributed by atoms with Crippen LogP contribution in [0.5, 0.6) is 5.75 Å². The van der Waals surface area contributed by atoms with Crippen LogP contribution >= 0.6 is 0 Å². The van der Waals surface area contributed by atoms with E-state index in [0.717, 1.165) is 53.0 Å². The summed E-state index contributed by atoms with van der Waals surface area (Å²) >= 11 is 0. The number of aromatic amines is 1. The quantitative estimate of drug-likeness (QED) is 0.568. The van der Waals surface area contributed by atoms with Crippen LogP contribution in [-0.4, -0.2) is 45.0 Å². The van der Waals surface area contributed by atoms with Crippen LogP contribution in [0, 0.1) is 0 Å². The number of fused-ring (bicyclic) bond motifs is 1. The van der Waals surface area contributed by atoms with Crippen molar-refractivity contribution in [3.8, 4) is 5.75 Å². The standard InChI is InChI=1S/C23H27N3O3S/c1-3-29-19-9-8-18-14-22(25-21(18)15-19)23(27)24-16-17-6-10-20(11-7-17)30(2,28)26-12-4-5-13-26/h6-11,14-15,25H,2-5,12-13,16H2,1H3,(H,24,27). The number of rotatable bonds is 7. The highest BCUT2D eigenvalue weighted by Gasteiger charge is 2.21. The molecule has 0 radical (unpaired) electrons. The number of carbonyl (C=O) groups excluding carboxylic acids is 1. The van der Waals surface area contributed by atoms with Crippen molar-refractivity contribution < 1.29 is 13.7 Å². The van der Waals surface area contributed by atoms with E-state index < -0.39 is 9.71 Å². The summed E-state index contributed by atoms with van der Waals surface area (Å²) in [6.45, 7) is 4.58. The fourth-order valence-corrected chi connectivity index (χ4v) is 5.42. The zero-order valence-electron chi connectivity index (χ0n) is 17.1. The molecule has 1 fully saturated rings. The summed E-state index contributed by atoms with van der Waals surface area (Å²) in [6, 6.07) is 15.1. The molecule has 2 N–H and O–H groups in total. The molecule has 6 nitrogen and oxygen atoms in total. The van der Waals surface area contributed by atoms with Crippen LogP contribution in [-0.2, 0) is 16.3 Å². The Bertz CT molecular complexity index is 1140. The van der Waals surface area contributed by atoms with Crippen LogP contribution in [0.3, 0.4) is 0 Å². The van der Waals surface area contributed by atoms with E-state index in [1.54, 1.807) is 0 Å². The summed E-state index contributed by atoms with van der Waals surface area (Å²) in [4.78, 5) is 16.4. The van der Waals surface area contributed by atoms with E-state index in [9.17, 15) is 9.00 Å². The third kappa shape index (κ3) is 4.22. The van der Waals surface area contributed by atoms with Crippen molar-refractivity contribution >= 4 is 32.4 Å². The summed E-state index contributed by atoms with van der Waals surface area (Å²) in [7, 11) is -2.42. The van der Waals surface area contributed by atoms with Gasteiger partial charge in [-0.2, -0.15) is 0 Å². The van der Waals surface area contributed by atoms with Crippen molar-refractivity contribution in [3.05, 3.63) is 59.8 Å². The minimum atomic E-state index is -2.42. The van der Waals surface area contributed by atoms with Gasteiger partial charge < -0.3 is 15.0 Å². The van der Waals surface area contributed by atoms with Crippen molar-refractivity contribution in [2.24, 2.45) is 0 Å². The summed E-state index contributed by atoms with van der Waals surface area (Å²) in [5.41, 5.74) is 2.31. The molecule has 1 aliphatic heterocycles. The zero-order valence-corrected chi connectivity index (χ0v) is 18.0. The van der Waals surface area contributed by atoms with E-state index in [2.05, 4.69) is 16.2 Å². The van der Waals surface area contributed by atoms with E-state index in [-0.39, 0.29) is 5.91 Å². The first kappa shape index (κ1) is 20.5. The summed E-state index contributed by atoms with van der Waals surface area (Å²) in [5, 5.41) is 3.89. The molecule has 1 saturated heterocycles. The lowest BCUT2D eigenvalue weighted by Crippen LogP contribution is -2.27. The van der Waals surface area contributed by atoms with Gasteiger partial charge in [-0.1, -0.05) is 12.1 Å². The number of amides is 1. The summed E-state index contributed by atoms with van der Waals surface area (Å²) in [5.74, 6) is 4.57. The molecule has 1 atom stereocenters. The minimum Gasteiger partial charge on any atom is -0.494 e. The van der Waals surface area contributed by atoms with Crippen LogP contribution in [0.15, 0.2) is 53.4 Å². The lowest BCUT2D eigenvalue weighted by Gasteiger charge is -2.21. The number of H-pyrrole nitrogens is 1. The molecule has 30 heavy (non-hydrogen) atoms. The Kier molecular flexibility index (Phi) is 5.83. The van der Waals surface area contributed by atoms with E-state index in [4.69, 9.17) is 4.74 Å². The van der Waals surface area contributed by atoms with Crippen LogP contribution in [0.25, 0.3) is 10.9 Å². The molecule has 7 heteroatoms. The third-order valence-electron chi connectivity index (χ3n) is 5.38. The van der Waals surface area contributed by atoms with Gasteiger partial charge in [-0.05, 0) is 61.5 Å². The molecule has 3 aromatic rings. The molecule has 0 aliphatic carbocycles. The van der Waals surface area contributed by atoms with Gasteiger partial charge in [0.15, 0.2) is 0 Å². The topological polar surface area (TPSA) is 74.4 Å². The van der Waals surface area contributed by atoms with Crippen molar-refractivity contribution in [3.63, 3.8) is 0 Å². The highest BCUT2D eigenvalue weighted by molar-refractivity contribution is 7.98. The number of benzene rings is 2. The molecule has 1 aromatic heterocycles. The Hall–Kier alpha value is -2.77. The normalized spacial score (nSPS) is 16.4. The van der Waals surface area contributed by atoms with Gasteiger partial charge in [0.25, 0.3) is 5.91 Å². The number of nitrogens with one attached hydrogen (secondary N) is 2. The molecule has 2 heterocycles. The first-order valence-electron chi connectivity index (χ1n) is 10.2. The Morgan fingerprint density at radius 3 is 2.60 bits per heavy atom. The van der Waals surface area contributed by atoms with Crippen molar-refractivity contribution in [1.29, 1.82) is 0 Å². The first-order chi connectivity index (χ1) is 14.5. The van der Waals surface area contributed by atoms with Gasteiger partial charge in [-0.3, -0.25) is 4.79 Å². The van der Waals surface area contributed by atoms with Crippen LogP contribution in [0.1, 0.15) is 35.8 Å². The van der Waals surface area contributed by atoms with Crippen molar-refractivity contribution in [2.75, 3.05) is 19.7 Å². The van der Waals surface area contributed by atoms with Gasteiger partial charge in [-0.25, -0.2) is 8.51 Å². The Morgan fingerprint density at radius 1 is 1.17 bits per heavy atom. The molecule has 0 bridgehead atoms. The largest absolute Gasteiger partial charge is 0.494 e. The average Bonchev–Trinajstić information content (AvgIpc) is 3.42. The molecule has 0 saturated carbocycles. The van der Waals surface area contributed by atoms with Crippen LogP contribution in [0.2, 0.25) is 0 Å². The maximum absolute atomic E-state index is 13.0. The Morgan fingerprint density at radius 2 is 1.90 bits per heavy atom. The number of ether oxygens (including phenoxy) is 1. The number of hydrogen-bond donors (Lipinski definition) is 2. The molecule has 1 amide bonds. The van der Waals surface area contributed by atoms with Gasteiger partial charge in [0.05, 0.1) is 16.3 Å². The smallest absolute Gasteiger partial charge is 0.267 e. The molecular formula is C23H27N3O3S. The van der Waals surface area contributed by atoms with Gasteiger partial charge in [0.2, 0.25) is 0 Å². The fraction of sp³-hybridized carbons (Fsp3) is 0.304. The van der Waals surface area contributed by atoms with Crippen LogP contribution < -0.4 is 10.1 Å². The van der Waals surface area contributed by atoms with Crippen molar-refractivity contribution in [1.82, 2.24) is 14.6 Å². The first-order valence-corrected chi connectivity index (χ1v) is 11.9. The molecule has 1 aliphatic rings. The molecule has 158 valence electrons. The highest BCUT2D eigenvalue weighted by Crippen LogP contribution is 2.22. The molecule has 2 aromatic carbocycles. The predicted octanol–water partition coefficient (Wildman–Crippen LogP) is 3.58. The monoisotopic (exact) mass is 425 g/mol. The second kappa shape index (κ2) is 8.53. The Labute approximate surface area is 177 Å². The van der Waals surface area contributed by atoms with E-state index in [0.29, 0.717) is 18.8 Å². The van der Waals surface area contributed by atoms with Gasteiger partial charge in [0, 0.05) is 41.5 Å². The van der Waals surface area contributed by atoms with E-state index >= 15 is 0 Å². The predicted molar refractivity (Wildman–Crippen MR) is 121 cm³/mol. The number of nitrogens with zero attached hydrogens (tertiary/aromatic N) is 1. The SMILES string of the molecule is C=S(=O)(c1ccc(CNC(=O)c2cc3ccc(OCC)cc3[nH]2)cc1)N1CCCC1. The second-order valence-electron chi connectivity index (χ2n) is 7.47. The minimum absolute atomic E-state index is 0.175. The third-order valence-corrected chi connectivity index (χ3v) is 7.58. The van der Waals surface area contributed by atoms with Crippen LogP contribution in [0.4, 0.5) is 0 Å². The van der Waals surface area contributed by atoms with Gasteiger partial charge >= 0.3 is 0 Å². The maximum Gasteiger partial charge on any atom is 0.267 e. The second-order valence-corrected chi connectivity index (χ2v) is 9.74. The molecule has 0 spiro atoms. The highest BCUT2D eigenvalue weighted by atomic mass is 32.2. The van der Waals surface area contributed by atoms with Crippen molar-refractivity contribution in [2.45, 2.75) is 31.2 Å². The summed E-state index contributed by atoms with van der Waals surface area (Å²) < 4.78 is 20.5. The molecular weight excluding hydrogens is 398 g/mol. The number of aromatic nitrogens is 1. The average molecular weight is 426 g/mol. The molecule has 1 unspecified atom stereocenters.